The lowest BCUT2D eigenvalue weighted by Crippen LogP contribution is -2.39. The van der Waals surface area contributed by atoms with Crippen molar-refractivity contribution in [3.05, 3.63) is 76.1 Å². The number of aryl methyl sites for hydroxylation is 1. The minimum atomic E-state index is -0.504. The van der Waals surface area contributed by atoms with E-state index in [1.165, 1.54) is 11.6 Å². The normalized spacial score (nSPS) is 15.5. The molecule has 1 aliphatic heterocycles. The average Bonchev–Trinajstić information content (AvgIpc) is 3.27. The number of carbonyl (C=O) groups is 2. The number of nitro groups is 1. The number of amides is 2. The van der Waals surface area contributed by atoms with Crippen molar-refractivity contribution >= 4 is 23.2 Å². The molecule has 33 heavy (non-hydrogen) atoms. The van der Waals surface area contributed by atoms with Crippen molar-refractivity contribution < 1.29 is 19.2 Å². The van der Waals surface area contributed by atoms with Crippen LogP contribution in [0, 0.1) is 24.0 Å². The molecule has 0 saturated carbocycles. The van der Waals surface area contributed by atoms with Crippen molar-refractivity contribution in [2.24, 2.45) is 0 Å². The molecular formula is C23H23N5O5. The summed E-state index contributed by atoms with van der Waals surface area (Å²) in [5, 5.41) is 18.1. The fourth-order valence-corrected chi connectivity index (χ4v) is 3.89. The molecule has 2 heterocycles. The Hall–Kier alpha value is -4.21. The first-order chi connectivity index (χ1) is 15.8. The Morgan fingerprint density at radius 2 is 1.82 bits per heavy atom. The van der Waals surface area contributed by atoms with Crippen molar-refractivity contribution in [1.82, 2.24) is 15.1 Å². The van der Waals surface area contributed by atoms with E-state index in [1.807, 2.05) is 30.3 Å². The molecule has 10 heteroatoms. The molecule has 2 aromatic carbocycles. The lowest BCUT2D eigenvalue weighted by molar-refractivity contribution is -0.386. The zero-order valence-corrected chi connectivity index (χ0v) is 18.2. The molecule has 3 aromatic rings. The molecule has 0 bridgehead atoms. The highest BCUT2D eigenvalue weighted by Crippen LogP contribution is 2.27. The Bertz CT molecular complexity index is 1190. The van der Waals surface area contributed by atoms with Crippen LogP contribution in [0.25, 0.3) is 0 Å². The average molecular weight is 449 g/mol. The molecule has 1 saturated heterocycles. The summed E-state index contributed by atoms with van der Waals surface area (Å²) in [5.41, 5.74) is 1.19. The van der Waals surface area contributed by atoms with Gasteiger partial charge in [0.05, 0.1) is 11.0 Å². The third-order valence-electron chi connectivity index (χ3n) is 5.44. The smallest absolute Gasteiger partial charge is 0.312 e. The minimum Gasteiger partial charge on any atom is -0.457 e. The maximum Gasteiger partial charge on any atom is 0.312 e. The van der Waals surface area contributed by atoms with Gasteiger partial charge in [0.1, 0.15) is 29.4 Å². The third kappa shape index (κ3) is 4.84. The Kier molecular flexibility index (Phi) is 6.07. The van der Waals surface area contributed by atoms with Crippen LogP contribution < -0.4 is 15.0 Å². The summed E-state index contributed by atoms with van der Waals surface area (Å²) >= 11 is 0. The van der Waals surface area contributed by atoms with Gasteiger partial charge in [-0.1, -0.05) is 18.2 Å². The second-order valence-electron chi connectivity index (χ2n) is 7.82. The van der Waals surface area contributed by atoms with Gasteiger partial charge >= 0.3 is 5.69 Å². The van der Waals surface area contributed by atoms with Gasteiger partial charge in [-0.15, -0.1) is 0 Å². The van der Waals surface area contributed by atoms with Crippen molar-refractivity contribution in [3.63, 3.8) is 0 Å². The number of para-hydroxylation sites is 1. The number of ether oxygens (including phenoxy) is 1. The lowest BCUT2D eigenvalue weighted by atomic mass is 10.2. The van der Waals surface area contributed by atoms with Crippen molar-refractivity contribution in [2.75, 3.05) is 11.4 Å². The van der Waals surface area contributed by atoms with Crippen molar-refractivity contribution in [3.8, 4) is 11.5 Å². The number of hydrogen-bond acceptors (Lipinski definition) is 6. The molecule has 1 fully saturated rings. The largest absolute Gasteiger partial charge is 0.457 e. The highest BCUT2D eigenvalue weighted by atomic mass is 16.6. The van der Waals surface area contributed by atoms with E-state index in [0.717, 1.165) is 5.75 Å². The van der Waals surface area contributed by atoms with Crippen LogP contribution in [0.1, 0.15) is 17.8 Å². The summed E-state index contributed by atoms with van der Waals surface area (Å²) in [5.74, 6) is 0.916. The number of nitrogens with one attached hydrogen (secondary N) is 1. The predicted molar refractivity (Wildman–Crippen MR) is 120 cm³/mol. The van der Waals surface area contributed by atoms with E-state index in [-0.39, 0.29) is 42.2 Å². The van der Waals surface area contributed by atoms with E-state index in [9.17, 15) is 19.7 Å². The topological polar surface area (TPSA) is 120 Å². The zero-order chi connectivity index (χ0) is 23.5. The molecule has 4 rings (SSSR count). The Morgan fingerprint density at radius 3 is 2.45 bits per heavy atom. The van der Waals surface area contributed by atoms with Gasteiger partial charge in [0, 0.05) is 18.7 Å². The van der Waals surface area contributed by atoms with Gasteiger partial charge in [-0.05, 0) is 50.2 Å². The molecule has 1 atom stereocenters. The number of anilines is 1. The second kappa shape index (κ2) is 9.11. The highest BCUT2D eigenvalue weighted by Gasteiger charge is 2.32. The standard InChI is InChI=1S/C23H23N5O5/c1-15-23(28(31)32)16(2)27(25-15)14-21(29)24-17-12-22(30)26(13-17)18-8-10-20(11-9-18)33-19-6-4-3-5-7-19/h3-11,17H,12-14H2,1-2H3,(H,24,29). The Morgan fingerprint density at radius 1 is 1.15 bits per heavy atom. The molecule has 1 aromatic heterocycles. The predicted octanol–water partition coefficient (Wildman–Crippen LogP) is 3.12. The van der Waals surface area contributed by atoms with Crippen LogP contribution >= 0.6 is 0 Å². The molecule has 0 aliphatic carbocycles. The van der Waals surface area contributed by atoms with Crippen molar-refractivity contribution in [1.29, 1.82) is 0 Å². The summed E-state index contributed by atoms with van der Waals surface area (Å²) in [6.07, 6.45) is 0.172. The van der Waals surface area contributed by atoms with Crippen LogP contribution in [-0.4, -0.2) is 39.1 Å². The van der Waals surface area contributed by atoms with E-state index < -0.39 is 4.92 Å². The summed E-state index contributed by atoms with van der Waals surface area (Å²) < 4.78 is 7.09. The first kappa shape index (κ1) is 22.0. The van der Waals surface area contributed by atoms with Crippen LogP contribution in [0.15, 0.2) is 54.6 Å². The van der Waals surface area contributed by atoms with Crippen LogP contribution in [0.2, 0.25) is 0 Å². The first-order valence-electron chi connectivity index (χ1n) is 10.4. The van der Waals surface area contributed by atoms with Gasteiger partial charge in [0.15, 0.2) is 0 Å². The van der Waals surface area contributed by atoms with Gasteiger partial charge in [0.25, 0.3) is 0 Å². The number of benzene rings is 2. The van der Waals surface area contributed by atoms with E-state index in [2.05, 4.69) is 10.4 Å². The first-order valence-corrected chi connectivity index (χ1v) is 10.4. The summed E-state index contributed by atoms with van der Waals surface area (Å²) in [6, 6.07) is 16.2. The summed E-state index contributed by atoms with van der Waals surface area (Å²) in [4.78, 5) is 37.3. The summed E-state index contributed by atoms with van der Waals surface area (Å²) in [6.45, 7) is 3.26. The van der Waals surface area contributed by atoms with Gasteiger partial charge in [-0.2, -0.15) is 5.10 Å². The van der Waals surface area contributed by atoms with E-state index >= 15 is 0 Å². The number of aromatic nitrogens is 2. The highest BCUT2D eigenvalue weighted by molar-refractivity contribution is 5.96. The molecule has 0 spiro atoms. The van der Waals surface area contributed by atoms with Crippen LogP contribution in [0.3, 0.4) is 0 Å². The lowest BCUT2D eigenvalue weighted by Gasteiger charge is -2.18. The van der Waals surface area contributed by atoms with Gasteiger partial charge in [-0.3, -0.25) is 24.4 Å². The maximum atomic E-state index is 12.5. The SMILES string of the molecule is Cc1nn(CC(=O)NC2CC(=O)N(c3ccc(Oc4ccccc4)cc3)C2)c(C)c1[N+](=O)[O-]. The van der Waals surface area contributed by atoms with Gasteiger partial charge in [-0.25, -0.2) is 0 Å². The monoisotopic (exact) mass is 449 g/mol. The number of nitrogens with zero attached hydrogens (tertiary/aromatic N) is 4. The summed E-state index contributed by atoms with van der Waals surface area (Å²) in [7, 11) is 0. The van der Waals surface area contributed by atoms with E-state index in [1.54, 1.807) is 36.1 Å². The van der Waals surface area contributed by atoms with E-state index in [4.69, 9.17) is 4.74 Å². The van der Waals surface area contributed by atoms with Crippen LogP contribution in [-0.2, 0) is 16.1 Å². The molecular weight excluding hydrogens is 426 g/mol. The van der Waals surface area contributed by atoms with Gasteiger partial charge in [0.2, 0.25) is 11.8 Å². The third-order valence-corrected chi connectivity index (χ3v) is 5.44. The number of rotatable bonds is 7. The molecule has 1 unspecified atom stereocenters. The van der Waals surface area contributed by atoms with E-state index in [0.29, 0.717) is 23.7 Å². The minimum absolute atomic E-state index is 0.0929. The zero-order valence-electron chi connectivity index (χ0n) is 18.2. The van der Waals surface area contributed by atoms with Crippen LogP contribution in [0.5, 0.6) is 11.5 Å². The molecule has 1 aliphatic rings. The molecule has 10 nitrogen and oxygen atoms in total. The fraction of sp³-hybridized carbons (Fsp3) is 0.261. The van der Waals surface area contributed by atoms with Crippen LogP contribution in [0.4, 0.5) is 11.4 Å². The van der Waals surface area contributed by atoms with Gasteiger partial charge < -0.3 is 15.0 Å². The molecule has 0 radical (unpaired) electrons. The quantitative estimate of drug-likeness (QED) is 0.437. The number of hydrogen-bond donors (Lipinski definition) is 1. The molecule has 2 amide bonds. The Labute approximate surface area is 189 Å². The second-order valence-corrected chi connectivity index (χ2v) is 7.82. The molecule has 1 N–H and O–H groups in total. The molecule has 170 valence electrons. The Balaban J connectivity index is 1.36. The van der Waals surface area contributed by atoms with Crippen molar-refractivity contribution in [2.45, 2.75) is 32.9 Å². The maximum absolute atomic E-state index is 12.5. The fourth-order valence-electron chi connectivity index (χ4n) is 3.89. The number of carbonyl (C=O) groups excluding carboxylic acids is 2.